The zero-order valence-electron chi connectivity index (χ0n) is 32.1. The summed E-state index contributed by atoms with van der Waals surface area (Å²) >= 11 is 1.85. The number of nitrogens with zero attached hydrogens (tertiary/aromatic N) is 2. The van der Waals surface area contributed by atoms with Gasteiger partial charge in [0.1, 0.15) is 0 Å². The number of aromatic nitrogens is 1. The monoisotopic (exact) mass is 768 g/mol. The van der Waals surface area contributed by atoms with Crippen LogP contribution in [0.5, 0.6) is 0 Å². The Morgan fingerprint density at radius 2 is 0.898 bits per heavy atom. The largest absolute Gasteiger partial charge is 0.310 e. The topological polar surface area (TPSA) is 8.17 Å². The molecule has 3 heteroatoms. The fraction of sp³-hybridized carbons (Fsp3) is 0. The third kappa shape index (κ3) is 5.55. The molecule has 0 aliphatic heterocycles. The zero-order valence-corrected chi connectivity index (χ0v) is 32.9. The van der Waals surface area contributed by atoms with Crippen LogP contribution in [0.3, 0.4) is 0 Å². The van der Waals surface area contributed by atoms with Crippen molar-refractivity contribution in [2.45, 2.75) is 0 Å². The number of rotatable bonds is 6. The maximum Gasteiger partial charge on any atom is 0.0619 e. The first-order valence-electron chi connectivity index (χ1n) is 20.2. The summed E-state index contributed by atoms with van der Waals surface area (Å²) in [5.41, 5.74) is 11.8. The molecule has 0 N–H and O–H groups in total. The second kappa shape index (κ2) is 13.6. The van der Waals surface area contributed by atoms with Gasteiger partial charge in [-0.1, -0.05) is 152 Å². The molecule has 0 amide bonds. The Kier molecular flexibility index (Phi) is 7.75. The van der Waals surface area contributed by atoms with Crippen molar-refractivity contribution in [1.29, 1.82) is 0 Å². The van der Waals surface area contributed by atoms with Gasteiger partial charge in [-0.25, -0.2) is 0 Å². The summed E-state index contributed by atoms with van der Waals surface area (Å²) in [4.78, 5) is 2.39. The SMILES string of the molecule is c1ccc2c(-c3ccc(N(c4ccc(-c5ccc(-n6c7ccccc7c7ccc8ccccc8c76)cc5)cc4)c4ccc5sc6ccccc6c5c4)cc3)cccc2c1. The number of benzene rings is 10. The highest BCUT2D eigenvalue weighted by Crippen LogP contribution is 2.42. The summed E-state index contributed by atoms with van der Waals surface area (Å²) in [6.45, 7) is 0. The number of hydrogen-bond donors (Lipinski definition) is 0. The van der Waals surface area contributed by atoms with Crippen LogP contribution in [-0.4, -0.2) is 4.57 Å². The fourth-order valence-corrected chi connectivity index (χ4v) is 10.3. The molecule has 0 spiro atoms. The molecule has 2 nitrogen and oxygen atoms in total. The van der Waals surface area contributed by atoms with Gasteiger partial charge in [-0.2, -0.15) is 0 Å². The second-order valence-electron chi connectivity index (χ2n) is 15.3. The molecule has 0 atom stereocenters. The minimum atomic E-state index is 1.11. The molecule has 0 saturated carbocycles. The van der Waals surface area contributed by atoms with E-state index in [9.17, 15) is 0 Å². The van der Waals surface area contributed by atoms with Gasteiger partial charge in [0, 0.05) is 59.1 Å². The van der Waals surface area contributed by atoms with E-state index in [-0.39, 0.29) is 0 Å². The van der Waals surface area contributed by atoms with Crippen LogP contribution in [0.25, 0.3) is 91.5 Å². The second-order valence-corrected chi connectivity index (χ2v) is 16.4. The molecule has 0 aliphatic carbocycles. The standard InChI is InChI=1S/C56H36N2S/c1-3-13-46-39(10-1)12-9-17-47(46)41-24-31-43(32-25-41)57(45-33-35-55-52(36-45)50-16-6-8-19-54(50)59-55)42-27-20-37(21-28-42)38-22-29-44(30-23-38)58-53-18-7-5-15-49(53)51-34-26-40-11-2-4-14-48(40)56(51)58/h1-36H. The van der Waals surface area contributed by atoms with Gasteiger partial charge in [0.2, 0.25) is 0 Å². The maximum absolute atomic E-state index is 2.43. The normalized spacial score (nSPS) is 11.7. The van der Waals surface area contributed by atoms with Crippen molar-refractivity contribution in [3.05, 3.63) is 218 Å². The lowest BCUT2D eigenvalue weighted by molar-refractivity contribution is 1.19. The molecule has 10 aromatic carbocycles. The summed E-state index contributed by atoms with van der Waals surface area (Å²) in [5, 5.41) is 10.2. The summed E-state index contributed by atoms with van der Waals surface area (Å²) in [5.74, 6) is 0. The van der Waals surface area contributed by atoms with Gasteiger partial charge >= 0.3 is 0 Å². The van der Waals surface area contributed by atoms with Gasteiger partial charge in [0.25, 0.3) is 0 Å². The lowest BCUT2D eigenvalue weighted by atomic mass is 9.98. The van der Waals surface area contributed by atoms with Crippen molar-refractivity contribution in [3.63, 3.8) is 0 Å². The molecule has 0 radical (unpaired) electrons. The average Bonchev–Trinajstić information content (AvgIpc) is 3.85. The van der Waals surface area contributed by atoms with Crippen molar-refractivity contribution in [2.24, 2.45) is 0 Å². The molecule has 2 aromatic heterocycles. The van der Waals surface area contributed by atoms with Gasteiger partial charge in [-0.15, -0.1) is 11.3 Å². The molecule has 0 unspecified atom stereocenters. The fourth-order valence-electron chi connectivity index (χ4n) is 9.17. The number of fused-ring (bicyclic) bond motifs is 9. The molecule has 0 aliphatic rings. The lowest BCUT2D eigenvalue weighted by Crippen LogP contribution is -2.09. The molecule has 59 heavy (non-hydrogen) atoms. The number of hydrogen-bond acceptors (Lipinski definition) is 2. The first-order chi connectivity index (χ1) is 29.2. The van der Waals surface area contributed by atoms with Crippen LogP contribution in [0.4, 0.5) is 17.1 Å². The third-order valence-corrected chi connectivity index (χ3v) is 13.1. The number of anilines is 3. The summed E-state index contributed by atoms with van der Waals surface area (Å²) in [6.07, 6.45) is 0. The molecule has 2 heterocycles. The molecular formula is C56H36N2S. The zero-order chi connectivity index (χ0) is 38.9. The van der Waals surface area contributed by atoms with Crippen molar-refractivity contribution >= 4 is 91.9 Å². The molecule has 276 valence electrons. The summed E-state index contributed by atoms with van der Waals surface area (Å²) in [7, 11) is 0. The third-order valence-electron chi connectivity index (χ3n) is 12.0. The highest BCUT2D eigenvalue weighted by atomic mass is 32.1. The number of para-hydroxylation sites is 1. The Hall–Kier alpha value is -7.46. The van der Waals surface area contributed by atoms with E-state index in [1.807, 2.05) is 11.3 Å². The van der Waals surface area contributed by atoms with Crippen LogP contribution in [0.15, 0.2) is 218 Å². The Labute approximate surface area is 346 Å². The van der Waals surface area contributed by atoms with Crippen molar-refractivity contribution < 1.29 is 0 Å². The number of thiophene rings is 1. The minimum Gasteiger partial charge on any atom is -0.310 e. The van der Waals surface area contributed by atoms with E-state index in [1.165, 1.54) is 85.8 Å². The van der Waals surface area contributed by atoms with E-state index in [0.29, 0.717) is 0 Å². The van der Waals surface area contributed by atoms with Crippen molar-refractivity contribution in [2.75, 3.05) is 4.90 Å². The molecular weight excluding hydrogens is 733 g/mol. The quantitative estimate of drug-likeness (QED) is 0.164. The van der Waals surface area contributed by atoms with Gasteiger partial charge in [0.15, 0.2) is 0 Å². The molecule has 12 aromatic rings. The van der Waals surface area contributed by atoms with Crippen LogP contribution >= 0.6 is 11.3 Å². The van der Waals surface area contributed by atoms with E-state index >= 15 is 0 Å². The predicted molar refractivity (Wildman–Crippen MR) is 254 cm³/mol. The highest BCUT2D eigenvalue weighted by molar-refractivity contribution is 7.25. The molecule has 0 bridgehead atoms. The molecule has 12 rings (SSSR count). The van der Waals surface area contributed by atoms with Gasteiger partial charge in [-0.3, -0.25) is 0 Å². The summed E-state index contributed by atoms with van der Waals surface area (Å²) < 4.78 is 5.04. The van der Waals surface area contributed by atoms with Crippen LogP contribution in [-0.2, 0) is 0 Å². The predicted octanol–water partition coefficient (Wildman–Crippen LogP) is 16.3. The van der Waals surface area contributed by atoms with Crippen LogP contribution in [0, 0.1) is 0 Å². The first kappa shape index (κ1) is 33.7. The maximum atomic E-state index is 2.43. The summed E-state index contributed by atoms with van der Waals surface area (Å²) in [6, 6.07) is 79.9. The Morgan fingerprint density at radius 1 is 0.339 bits per heavy atom. The van der Waals surface area contributed by atoms with Crippen LogP contribution in [0.1, 0.15) is 0 Å². The minimum absolute atomic E-state index is 1.11. The Balaban J connectivity index is 0.936. The van der Waals surface area contributed by atoms with Crippen molar-refractivity contribution in [1.82, 2.24) is 4.57 Å². The van der Waals surface area contributed by atoms with E-state index in [4.69, 9.17) is 0 Å². The Morgan fingerprint density at radius 3 is 1.66 bits per heavy atom. The van der Waals surface area contributed by atoms with Crippen molar-refractivity contribution in [3.8, 4) is 27.9 Å². The van der Waals surface area contributed by atoms with Gasteiger partial charge in [0.05, 0.1) is 11.0 Å². The smallest absolute Gasteiger partial charge is 0.0619 e. The van der Waals surface area contributed by atoms with Gasteiger partial charge < -0.3 is 9.47 Å². The highest BCUT2D eigenvalue weighted by Gasteiger charge is 2.18. The van der Waals surface area contributed by atoms with Crippen LogP contribution in [0.2, 0.25) is 0 Å². The van der Waals surface area contributed by atoms with Gasteiger partial charge in [-0.05, 0) is 105 Å². The van der Waals surface area contributed by atoms with E-state index in [1.54, 1.807) is 0 Å². The van der Waals surface area contributed by atoms with E-state index < -0.39 is 0 Å². The first-order valence-corrected chi connectivity index (χ1v) is 21.0. The van der Waals surface area contributed by atoms with Crippen LogP contribution < -0.4 is 4.90 Å². The van der Waals surface area contributed by atoms with E-state index in [2.05, 4.69) is 228 Å². The molecule has 0 fully saturated rings. The average molecular weight is 769 g/mol. The molecule has 0 saturated heterocycles. The Bertz CT molecular complexity index is 3530. The van der Waals surface area contributed by atoms with E-state index in [0.717, 1.165) is 22.7 Å². The lowest BCUT2D eigenvalue weighted by Gasteiger charge is -2.26.